The van der Waals surface area contributed by atoms with Gasteiger partial charge in [0, 0.05) is 24.5 Å². The zero-order valence-electron chi connectivity index (χ0n) is 12.1. The second-order valence-corrected chi connectivity index (χ2v) is 4.78. The number of carbonyl (C=O) groups excluding carboxylic acids is 1. The Morgan fingerprint density at radius 3 is 2.65 bits per heavy atom. The lowest BCUT2D eigenvalue weighted by Crippen LogP contribution is -2.41. The quantitative estimate of drug-likeness (QED) is 0.399. The number of methoxy groups -OCH3 is 1. The molecule has 2 rings (SSSR count). The van der Waals surface area contributed by atoms with Crippen LogP contribution >= 0.6 is 0 Å². The lowest BCUT2D eigenvalue weighted by molar-refractivity contribution is -0.134. The fraction of sp³-hybridized carbons (Fsp3) is 0.462. The number of hydrogen-bond acceptors (Lipinski definition) is 8. The van der Waals surface area contributed by atoms with E-state index in [-0.39, 0.29) is 0 Å². The first-order valence-electron chi connectivity index (χ1n) is 6.63. The van der Waals surface area contributed by atoms with Crippen LogP contribution in [0, 0.1) is 0 Å². The van der Waals surface area contributed by atoms with Crippen molar-refractivity contribution in [2.75, 3.05) is 13.7 Å². The molecule has 10 heteroatoms. The molecule has 0 unspecified atom stereocenters. The first-order valence-corrected chi connectivity index (χ1v) is 6.63. The second-order valence-electron chi connectivity index (χ2n) is 4.78. The Labute approximate surface area is 129 Å². The summed E-state index contributed by atoms with van der Waals surface area (Å²) >= 11 is 0. The molecule has 4 atom stereocenters. The molecule has 0 spiro atoms. The first-order chi connectivity index (χ1) is 10.9. The van der Waals surface area contributed by atoms with Crippen LogP contribution in [0.1, 0.15) is 6.23 Å². The van der Waals surface area contributed by atoms with Crippen molar-refractivity contribution in [1.82, 2.24) is 9.13 Å². The van der Waals surface area contributed by atoms with Crippen LogP contribution < -0.4 is 11.2 Å². The van der Waals surface area contributed by atoms with Gasteiger partial charge in [-0.05, 0) is 0 Å². The summed E-state index contributed by atoms with van der Waals surface area (Å²) in [5, 5.41) is 28.7. The number of esters is 1. The largest absolute Gasteiger partial charge is 0.466 e. The molecule has 0 aliphatic carbocycles. The van der Waals surface area contributed by atoms with Crippen molar-refractivity contribution in [3.8, 4) is 0 Å². The molecule has 1 aliphatic heterocycles. The zero-order chi connectivity index (χ0) is 17.1. The van der Waals surface area contributed by atoms with Gasteiger partial charge in [0.2, 0.25) is 0 Å². The van der Waals surface area contributed by atoms with E-state index in [2.05, 4.69) is 4.74 Å². The van der Waals surface area contributed by atoms with Crippen LogP contribution in [0.5, 0.6) is 0 Å². The third-order valence-corrected chi connectivity index (χ3v) is 3.39. The van der Waals surface area contributed by atoms with E-state index in [0.717, 1.165) is 36.2 Å². The smallest absolute Gasteiger partial charge is 0.337 e. The Balaban J connectivity index is 2.42. The Morgan fingerprint density at radius 1 is 1.39 bits per heavy atom. The zero-order valence-corrected chi connectivity index (χ0v) is 12.1. The number of nitrogens with zero attached hydrogens (tertiary/aromatic N) is 2. The average Bonchev–Trinajstić information content (AvgIpc) is 2.82. The maximum atomic E-state index is 12.3. The summed E-state index contributed by atoms with van der Waals surface area (Å²) in [5.74, 6) is -0.764. The predicted molar refractivity (Wildman–Crippen MR) is 75.3 cm³/mol. The molecule has 0 radical (unpaired) electrons. The Morgan fingerprint density at radius 2 is 2.09 bits per heavy atom. The predicted octanol–water partition coefficient (Wildman–Crippen LogP) is -2.73. The highest BCUT2D eigenvalue weighted by Crippen LogP contribution is 2.27. The molecule has 0 bridgehead atoms. The van der Waals surface area contributed by atoms with Crippen molar-refractivity contribution in [3.05, 3.63) is 39.2 Å². The van der Waals surface area contributed by atoms with E-state index in [9.17, 15) is 24.6 Å². The van der Waals surface area contributed by atoms with E-state index in [1.807, 2.05) is 0 Å². The highest BCUT2D eigenvalue weighted by Gasteiger charge is 2.43. The summed E-state index contributed by atoms with van der Waals surface area (Å²) in [7, 11) is 1.14. The second kappa shape index (κ2) is 6.87. The molecule has 3 N–H and O–H groups in total. The molecule has 1 aliphatic rings. The molecule has 10 nitrogen and oxygen atoms in total. The van der Waals surface area contributed by atoms with E-state index < -0.39 is 48.4 Å². The minimum absolute atomic E-state index is 0.550. The third-order valence-electron chi connectivity index (χ3n) is 3.39. The highest BCUT2D eigenvalue weighted by atomic mass is 16.6. The number of aliphatic hydroxyl groups is 3. The number of aliphatic hydroxyl groups excluding tert-OH is 3. The monoisotopic (exact) mass is 328 g/mol. The standard InChI is InChI=1S/C13H16N2O8/c1-22-9(18)3-5-14-8(17)2-4-15(13(14)21)12-11(20)10(19)7(6-16)23-12/h2-5,7,10-12,16,19-20H,6H2,1H3/b5-3+/t7-,10-,11-,12-/m1/s1. The molecular weight excluding hydrogens is 312 g/mol. The van der Waals surface area contributed by atoms with Gasteiger partial charge in [-0.2, -0.15) is 0 Å². The van der Waals surface area contributed by atoms with Gasteiger partial charge in [0.15, 0.2) is 6.23 Å². The van der Waals surface area contributed by atoms with E-state index in [1.54, 1.807) is 0 Å². The van der Waals surface area contributed by atoms with Gasteiger partial charge in [0.05, 0.1) is 13.7 Å². The van der Waals surface area contributed by atoms with Crippen molar-refractivity contribution in [2.45, 2.75) is 24.5 Å². The molecule has 0 aromatic carbocycles. The Hall–Kier alpha value is -2.27. The number of rotatable bonds is 4. The molecule has 1 fully saturated rings. The molecule has 1 aromatic heterocycles. The number of aromatic nitrogens is 2. The lowest BCUT2D eigenvalue weighted by Gasteiger charge is -2.17. The molecule has 126 valence electrons. The molecule has 0 saturated carbocycles. The molecule has 0 amide bonds. The summed E-state index contributed by atoms with van der Waals surface area (Å²) < 4.78 is 11.1. The number of ether oxygens (including phenoxy) is 2. The van der Waals surface area contributed by atoms with E-state index in [1.165, 1.54) is 0 Å². The highest BCUT2D eigenvalue weighted by molar-refractivity contribution is 5.84. The van der Waals surface area contributed by atoms with Crippen molar-refractivity contribution < 1.29 is 29.6 Å². The van der Waals surface area contributed by atoms with Gasteiger partial charge in [0.25, 0.3) is 5.56 Å². The summed E-state index contributed by atoms with van der Waals surface area (Å²) in [6, 6.07) is 1.03. The van der Waals surface area contributed by atoms with E-state index in [4.69, 9.17) is 9.84 Å². The third kappa shape index (κ3) is 3.24. The van der Waals surface area contributed by atoms with Crippen LogP contribution in [0.4, 0.5) is 0 Å². The fourth-order valence-electron chi connectivity index (χ4n) is 2.15. The first kappa shape index (κ1) is 17.1. The maximum Gasteiger partial charge on any atom is 0.337 e. The number of carbonyl (C=O) groups is 1. The van der Waals surface area contributed by atoms with Gasteiger partial charge >= 0.3 is 11.7 Å². The Bertz CT molecular complexity index is 721. The van der Waals surface area contributed by atoms with Crippen LogP contribution in [0.25, 0.3) is 6.20 Å². The van der Waals surface area contributed by atoms with E-state index >= 15 is 0 Å². The van der Waals surface area contributed by atoms with Gasteiger partial charge in [-0.25, -0.2) is 14.2 Å². The minimum Gasteiger partial charge on any atom is -0.466 e. The van der Waals surface area contributed by atoms with Crippen molar-refractivity contribution >= 4 is 12.2 Å². The van der Waals surface area contributed by atoms with Crippen LogP contribution in [-0.2, 0) is 14.3 Å². The maximum absolute atomic E-state index is 12.3. The summed E-state index contributed by atoms with van der Waals surface area (Å²) in [4.78, 5) is 35.1. The van der Waals surface area contributed by atoms with Crippen molar-refractivity contribution in [1.29, 1.82) is 0 Å². The molecule has 23 heavy (non-hydrogen) atoms. The van der Waals surface area contributed by atoms with Crippen LogP contribution in [0.15, 0.2) is 27.9 Å². The average molecular weight is 328 g/mol. The molecule has 1 aromatic rings. The van der Waals surface area contributed by atoms with Gasteiger partial charge in [-0.3, -0.25) is 9.36 Å². The van der Waals surface area contributed by atoms with Gasteiger partial charge in [-0.1, -0.05) is 0 Å². The van der Waals surface area contributed by atoms with Crippen molar-refractivity contribution in [2.24, 2.45) is 0 Å². The summed E-state index contributed by atoms with van der Waals surface area (Å²) in [6.07, 6.45) is -2.31. The van der Waals surface area contributed by atoms with Gasteiger partial charge < -0.3 is 24.8 Å². The topological polar surface area (TPSA) is 140 Å². The normalized spacial score (nSPS) is 27.5. The van der Waals surface area contributed by atoms with Crippen LogP contribution in [0.3, 0.4) is 0 Å². The van der Waals surface area contributed by atoms with E-state index in [0.29, 0.717) is 4.57 Å². The van der Waals surface area contributed by atoms with Crippen LogP contribution in [0.2, 0.25) is 0 Å². The minimum atomic E-state index is -1.47. The summed E-state index contributed by atoms with van der Waals surface area (Å²) in [5.41, 5.74) is -1.61. The van der Waals surface area contributed by atoms with Crippen LogP contribution in [-0.4, -0.2) is 62.5 Å². The van der Waals surface area contributed by atoms with Crippen molar-refractivity contribution in [3.63, 3.8) is 0 Å². The molecule has 2 heterocycles. The Kier molecular flexibility index (Phi) is 5.11. The fourth-order valence-corrected chi connectivity index (χ4v) is 2.15. The summed E-state index contributed by atoms with van der Waals surface area (Å²) in [6.45, 7) is -0.550. The number of hydrogen-bond donors (Lipinski definition) is 3. The molecular formula is C13H16N2O8. The van der Waals surface area contributed by atoms with Gasteiger partial charge in [0.1, 0.15) is 18.3 Å². The van der Waals surface area contributed by atoms with Gasteiger partial charge in [-0.15, -0.1) is 0 Å². The lowest BCUT2D eigenvalue weighted by atomic mass is 10.1. The molecule has 1 saturated heterocycles. The SMILES string of the molecule is COC(=O)/C=C/n1c(=O)ccn([C@@H]2O[C@H](CO)[C@@H](O)[C@H]2O)c1=O.